The van der Waals surface area contributed by atoms with Crippen LogP contribution in [0.15, 0.2) is 24.3 Å². The number of non-ortho nitro benzene ring substituents is 1. The molecule has 1 aromatic carbocycles. The lowest BCUT2D eigenvalue weighted by molar-refractivity contribution is -0.384. The van der Waals surface area contributed by atoms with E-state index in [1.54, 1.807) is 11.5 Å². The van der Waals surface area contributed by atoms with Gasteiger partial charge in [-0.05, 0) is 17.8 Å². The first-order valence-corrected chi connectivity index (χ1v) is 5.17. The van der Waals surface area contributed by atoms with Crippen LogP contribution in [0.2, 0.25) is 0 Å². The number of anilines is 1. The molecule has 16 heavy (non-hydrogen) atoms. The SMILES string of the molecule is N#CSCC(=O)Nc1cccc([N+](=O)[O-])c1. The lowest BCUT2D eigenvalue weighted by Gasteiger charge is -2.02. The van der Waals surface area contributed by atoms with Gasteiger partial charge in [-0.3, -0.25) is 14.9 Å². The van der Waals surface area contributed by atoms with Gasteiger partial charge in [0, 0.05) is 17.8 Å². The molecule has 1 amide bonds. The van der Waals surface area contributed by atoms with Crippen molar-refractivity contribution in [2.45, 2.75) is 0 Å². The van der Waals surface area contributed by atoms with Gasteiger partial charge in [-0.1, -0.05) is 6.07 Å². The maximum Gasteiger partial charge on any atom is 0.271 e. The van der Waals surface area contributed by atoms with Gasteiger partial charge < -0.3 is 5.32 Å². The van der Waals surface area contributed by atoms with Crippen LogP contribution < -0.4 is 5.32 Å². The number of thioether (sulfide) groups is 1. The molecular weight excluding hydrogens is 230 g/mol. The predicted octanol–water partition coefficient (Wildman–Crippen LogP) is 1.75. The summed E-state index contributed by atoms with van der Waals surface area (Å²) in [6.45, 7) is 0. The number of rotatable bonds is 4. The van der Waals surface area contributed by atoms with Crippen LogP contribution in [0.3, 0.4) is 0 Å². The summed E-state index contributed by atoms with van der Waals surface area (Å²) in [6, 6.07) is 5.61. The summed E-state index contributed by atoms with van der Waals surface area (Å²) in [6.07, 6.45) is 0. The van der Waals surface area contributed by atoms with E-state index in [2.05, 4.69) is 5.32 Å². The number of benzene rings is 1. The van der Waals surface area contributed by atoms with Crippen molar-refractivity contribution in [1.29, 1.82) is 5.26 Å². The molecule has 1 aromatic rings. The van der Waals surface area contributed by atoms with Crippen molar-refractivity contribution in [2.75, 3.05) is 11.1 Å². The lowest BCUT2D eigenvalue weighted by atomic mass is 10.3. The smallest absolute Gasteiger partial charge is 0.271 e. The van der Waals surface area contributed by atoms with E-state index in [0.717, 1.165) is 11.8 Å². The predicted molar refractivity (Wildman–Crippen MR) is 59.8 cm³/mol. The molecule has 0 aromatic heterocycles. The van der Waals surface area contributed by atoms with Gasteiger partial charge in [0.05, 0.1) is 10.7 Å². The fraction of sp³-hybridized carbons (Fsp3) is 0.111. The van der Waals surface area contributed by atoms with Crippen molar-refractivity contribution in [3.05, 3.63) is 34.4 Å². The largest absolute Gasteiger partial charge is 0.325 e. The number of nitrogens with zero attached hydrogens (tertiary/aromatic N) is 2. The van der Waals surface area contributed by atoms with E-state index in [0.29, 0.717) is 5.69 Å². The van der Waals surface area contributed by atoms with Crippen molar-refractivity contribution in [3.8, 4) is 5.40 Å². The van der Waals surface area contributed by atoms with E-state index in [1.165, 1.54) is 18.2 Å². The van der Waals surface area contributed by atoms with Gasteiger partial charge in [-0.15, -0.1) is 0 Å². The van der Waals surface area contributed by atoms with E-state index in [-0.39, 0.29) is 17.3 Å². The third kappa shape index (κ3) is 3.59. The van der Waals surface area contributed by atoms with Crippen LogP contribution in [0.5, 0.6) is 0 Å². The highest BCUT2D eigenvalue weighted by Gasteiger charge is 2.07. The second-order valence-electron chi connectivity index (χ2n) is 2.74. The van der Waals surface area contributed by atoms with Gasteiger partial charge in [-0.25, -0.2) is 0 Å². The number of hydrogen-bond acceptors (Lipinski definition) is 5. The Morgan fingerprint density at radius 1 is 1.62 bits per heavy atom. The molecule has 0 heterocycles. The molecular formula is C9H7N3O3S. The quantitative estimate of drug-likeness (QED) is 0.489. The van der Waals surface area contributed by atoms with Crippen LogP contribution in [0.25, 0.3) is 0 Å². The topological polar surface area (TPSA) is 96.0 Å². The summed E-state index contributed by atoms with van der Waals surface area (Å²) in [5.74, 6) is -0.369. The van der Waals surface area contributed by atoms with Crippen molar-refractivity contribution >= 4 is 29.0 Å². The van der Waals surface area contributed by atoms with Gasteiger partial charge in [0.1, 0.15) is 5.40 Å². The molecule has 1 N–H and O–H groups in total. The minimum absolute atomic E-state index is 0.000802. The molecule has 0 aliphatic heterocycles. The maximum atomic E-state index is 11.2. The van der Waals surface area contributed by atoms with Crippen molar-refractivity contribution < 1.29 is 9.72 Å². The average molecular weight is 237 g/mol. The van der Waals surface area contributed by atoms with Crippen molar-refractivity contribution in [1.82, 2.24) is 0 Å². The van der Waals surface area contributed by atoms with Crippen LogP contribution in [0, 0.1) is 20.8 Å². The number of hydrogen-bond donors (Lipinski definition) is 1. The average Bonchev–Trinajstić information content (AvgIpc) is 2.26. The summed E-state index contributed by atoms with van der Waals surface area (Å²) >= 11 is 0.806. The van der Waals surface area contributed by atoms with Crippen LogP contribution in [0.1, 0.15) is 0 Å². The van der Waals surface area contributed by atoms with Gasteiger partial charge in [0.2, 0.25) is 5.91 Å². The van der Waals surface area contributed by atoms with E-state index in [1.807, 2.05) is 0 Å². The minimum Gasteiger partial charge on any atom is -0.325 e. The summed E-state index contributed by atoms with van der Waals surface area (Å²) in [7, 11) is 0. The standard InChI is InChI=1S/C9H7N3O3S/c10-6-16-5-9(13)11-7-2-1-3-8(4-7)12(14)15/h1-4H,5H2,(H,11,13). The first-order chi connectivity index (χ1) is 7.63. The van der Waals surface area contributed by atoms with E-state index >= 15 is 0 Å². The van der Waals surface area contributed by atoms with E-state index < -0.39 is 4.92 Å². The molecule has 82 valence electrons. The third-order valence-corrected chi connectivity index (χ3v) is 2.14. The molecule has 7 heteroatoms. The molecule has 0 atom stereocenters. The number of thiocyanates is 1. The number of nitro benzene ring substituents is 1. The number of carbonyl (C=O) groups excluding carboxylic acids is 1. The van der Waals surface area contributed by atoms with Crippen molar-refractivity contribution in [3.63, 3.8) is 0 Å². The second kappa shape index (κ2) is 5.72. The molecule has 0 unspecified atom stereocenters. The number of nitrogens with one attached hydrogen (secondary N) is 1. The fourth-order valence-electron chi connectivity index (χ4n) is 0.992. The Morgan fingerprint density at radius 2 is 2.38 bits per heavy atom. The van der Waals surface area contributed by atoms with Gasteiger partial charge in [0.25, 0.3) is 5.69 Å². The van der Waals surface area contributed by atoms with Crippen LogP contribution in [0.4, 0.5) is 11.4 Å². The highest BCUT2D eigenvalue weighted by atomic mass is 32.2. The lowest BCUT2D eigenvalue weighted by Crippen LogP contribution is -2.13. The zero-order chi connectivity index (χ0) is 12.0. The number of carbonyl (C=O) groups is 1. The Balaban J connectivity index is 2.67. The summed E-state index contributed by atoms with van der Waals surface area (Å²) < 4.78 is 0. The monoisotopic (exact) mass is 237 g/mol. The third-order valence-electron chi connectivity index (χ3n) is 1.61. The molecule has 0 fully saturated rings. The second-order valence-corrected chi connectivity index (χ2v) is 3.50. The highest BCUT2D eigenvalue weighted by Crippen LogP contribution is 2.17. The van der Waals surface area contributed by atoms with E-state index in [9.17, 15) is 14.9 Å². The van der Waals surface area contributed by atoms with Crippen LogP contribution in [-0.2, 0) is 4.79 Å². The minimum atomic E-state index is -0.542. The molecule has 0 saturated heterocycles. The Labute approximate surface area is 95.4 Å². The van der Waals surface area contributed by atoms with Crippen molar-refractivity contribution in [2.24, 2.45) is 0 Å². The molecule has 0 aliphatic rings. The molecule has 1 rings (SSSR count). The molecule has 0 aliphatic carbocycles. The summed E-state index contributed by atoms with van der Waals surface area (Å²) in [5, 5.41) is 22.9. The Kier molecular flexibility index (Phi) is 4.29. The van der Waals surface area contributed by atoms with Gasteiger partial charge in [-0.2, -0.15) is 5.26 Å². The van der Waals surface area contributed by atoms with E-state index in [4.69, 9.17) is 5.26 Å². The molecule has 6 nitrogen and oxygen atoms in total. The molecule has 0 bridgehead atoms. The fourth-order valence-corrected chi connectivity index (χ4v) is 1.26. The first-order valence-electron chi connectivity index (χ1n) is 4.18. The van der Waals surface area contributed by atoms with Gasteiger partial charge >= 0.3 is 0 Å². The summed E-state index contributed by atoms with van der Waals surface area (Å²) in [4.78, 5) is 21.1. The molecule has 0 spiro atoms. The number of amides is 1. The zero-order valence-corrected chi connectivity index (χ0v) is 8.86. The van der Waals surface area contributed by atoms with Crippen LogP contribution >= 0.6 is 11.8 Å². The molecule has 0 radical (unpaired) electrons. The maximum absolute atomic E-state index is 11.2. The summed E-state index contributed by atoms with van der Waals surface area (Å²) in [5.41, 5.74) is 0.253. The zero-order valence-electron chi connectivity index (χ0n) is 8.04. The highest BCUT2D eigenvalue weighted by molar-refractivity contribution is 8.04. The first kappa shape index (κ1) is 12.0. The number of nitro groups is 1. The molecule has 0 saturated carbocycles. The Bertz CT molecular complexity index is 456. The normalized spacial score (nSPS) is 9.19. The van der Waals surface area contributed by atoms with Gasteiger partial charge in [0.15, 0.2) is 0 Å². The Morgan fingerprint density at radius 3 is 3.00 bits per heavy atom. The Hall–Kier alpha value is -2.07. The van der Waals surface area contributed by atoms with Crippen LogP contribution in [-0.4, -0.2) is 16.6 Å². The number of nitriles is 1.